The summed E-state index contributed by atoms with van der Waals surface area (Å²) in [6.07, 6.45) is 3.03. The van der Waals surface area contributed by atoms with E-state index < -0.39 is 0 Å². The van der Waals surface area contributed by atoms with Gasteiger partial charge in [-0.05, 0) is 13.8 Å². The standard InChI is InChI=1S/C12H14ClN5O2/c1-3-15-10-16-11(19-4-2)18-12(17-10)20-9-5-8(13)6-14-7-9/h5-7H,3-4H2,1-2H3,(H,15,16,17,18). The summed E-state index contributed by atoms with van der Waals surface area (Å²) in [4.78, 5) is 16.2. The molecule has 0 aliphatic rings. The lowest BCUT2D eigenvalue weighted by molar-refractivity contribution is 0.303. The third-order valence-electron chi connectivity index (χ3n) is 2.09. The smallest absolute Gasteiger partial charge is 0.330 e. The summed E-state index contributed by atoms with van der Waals surface area (Å²) < 4.78 is 10.8. The summed E-state index contributed by atoms with van der Waals surface area (Å²) in [5.74, 6) is 0.824. The van der Waals surface area contributed by atoms with Crippen molar-refractivity contribution in [2.75, 3.05) is 18.5 Å². The zero-order valence-electron chi connectivity index (χ0n) is 11.1. The molecule has 7 nitrogen and oxygen atoms in total. The quantitative estimate of drug-likeness (QED) is 0.877. The summed E-state index contributed by atoms with van der Waals surface area (Å²) in [6.45, 7) is 4.91. The summed E-state index contributed by atoms with van der Waals surface area (Å²) in [5, 5.41) is 3.45. The average molecular weight is 296 g/mol. The van der Waals surface area contributed by atoms with Crippen LogP contribution in [0.5, 0.6) is 17.8 Å². The van der Waals surface area contributed by atoms with E-state index in [-0.39, 0.29) is 12.0 Å². The van der Waals surface area contributed by atoms with Crippen LogP contribution in [0.1, 0.15) is 13.8 Å². The monoisotopic (exact) mass is 295 g/mol. The Kier molecular flexibility index (Phi) is 4.89. The van der Waals surface area contributed by atoms with E-state index in [9.17, 15) is 0 Å². The predicted molar refractivity (Wildman–Crippen MR) is 74.5 cm³/mol. The first-order valence-electron chi connectivity index (χ1n) is 6.12. The molecule has 0 fully saturated rings. The third kappa shape index (κ3) is 3.92. The van der Waals surface area contributed by atoms with E-state index in [1.807, 2.05) is 13.8 Å². The fraction of sp³-hybridized carbons (Fsp3) is 0.333. The molecule has 2 heterocycles. The van der Waals surface area contributed by atoms with Gasteiger partial charge in [0.15, 0.2) is 5.75 Å². The molecular weight excluding hydrogens is 282 g/mol. The molecule has 106 valence electrons. The molecule has 20 heavy (non-hydrogen) atoms. The number of pyridine rings is 1. The van der Waals surface area contributed by atoms with Gasteiger partial charge in [0.1, 0.15) is 0 Å². The van der Waals surface area contributed by atoms with Gasteiger partial charge in [0.25, 0.3) is 0 Å². The lowest BCUT2D eigenvalue weighted by Gasteiger charge is -2.08. The molecule has 0 bridgehead atoms. The van der Waals surface area contributed by atoms with E-state index in [2.05, 4.69) is 25.3 Å². The molecule has 0 aliphatic carbocycles. The van der Waals surface area contributed by atoms with Gasteiger partial charge in [0.2, 0.25) is 5.95 Å². The molecule has 2 aromatic rings. The van der Waals surface area contributed by atoms with Crippen molar-refractivity contribution < 1.29 is 9.47 Å². The van der Waals surface area contributed by atoms with Crippen LogP contribution < -0.4 is 14.8 Å². The maximum Gasteiger partial charge on any atom is 0.330 e. The number of hydrogen-bond acceptors (Lipinski definition) is 7. The molecular formula is C12H14ClN5O2. The second-order valence-electron chi connectivity index (χ2n) is 3.63. The maximum absolute atomic E-state index is 5.84. The minimum atomic E-state index is 0.114. The average Bonchev–Trinajstić information content (AvgIpc) is 2.39. The van der Waals surface area contributed by atoms with Gasteiger partial charge in [0, 0.05) is 18.8 Å². The number of hydrogen-bond donors (Lipinski definition) is 1. The van der Waals surface area contributed by atoms with E-state index in [1.54, 1.807) is 6.07 Å². The number of ether oxygens (including phenoxy) is 2. The van der Waals surface area contributed by atoms with Gasteiger partial charge in [-0.1, -0.05) is 11.6 Å². The van der Waals surface area contributed by atoms with E-state index in [0.29, 0.717) is 29.9 Å². The van der Waals surface area contributed by atoms with Crippen molar-refractivity contribution in [1.29, 1.82) is 0 Å². The Bertz CT molecular complexity index is 557. The van der Waals surface area contributed by atoms with Gasteiger partial charge in [-0.15, -0.1) is 4.98 Å². The molecule has 1 N–H and O–H groups in total. The van der Waals surface area contributed by atoms with E-state index in [0.717, 1.165) is 0 Å². The van der Waals surface area contributed by atoms with Crippen LogP contribution in [-0.4, -0.2) is 33.1 Å². The highest BCUT2D eigenvalue weighted by atomic mass is 35.5. The molecule has 2 aromatic heterocycles. The van der Waals surface area contributed by atoms with Crippen LogP contribution in [0.3, 0.4) is 0 Å². The molecule has 0 spiro atoms. The van der Waals surface area contributed by atoms with Crippen LogP contribution in [0.25, 0.3) is 0 Å². The Labute approximate surface area is 121 Å². The molecule has 8 heteroatoms. The number of rotatable bonds is 6. The molecule has 0 atom stereocenters. The Morgan fingerprint density at radius 1 is 1.15 bits per heavy atom. The zero-order chi connectivity index (χ0) is 14.4. The summed E-state index contributed by atoms with van der Waals surface area (Å²) in [7, 11) is 0. The molecule has 0 radical (unpaired) electrons. The first kappa shape index (κ1) is 14.3. The predicted octanol–water partition coefficient (Wildman–Crippen LogP) is 2.54. The normalized spacial score (nSPS) is 10.2. The number of anilines is 1. The molecule has 0 aliphatic heterocycles. The van der Waals surface area contributed by atoms with Gasteiger partial charge < -0.3 is 14.8 Å². The second kappa shape index (κ2) is 6.85. The van der Waals surface area contributed by atoms with Crippen molar-refractivity contribution in [3.63, 3.8) is 0 Å². The molecule has 2 rings (SSSR count). The maximum atomic E-state index is 5.84. The van der Waals surface area contributed by atoms with Gasteiger partial charge in [-0.3, -0.25) is 4.98 Å². The van der Waals surface area contributed by atoms with Crippen LogP contribution in [0.4, 0.5) is 5.95 Å². The second-order valence-corrected chi connectivity index (χ2v) is 4.06. The molecule has 0 amide bonds. The highest BCUT2D eigenvalue weighted by Crippen LogP contribution is 2.22. The van der Waals surface area contributed by atoms with Crippen molar-refractivity contribution in [3.8, 4) is 17.8 Å². The van der Waals surface area contributed by atoms with Gasteiger partial charge in [-0.2, -0.15) is 9.97 Å². The topological polar surface area (TPSA) is 82.1 Å². The first-order chi connectivity index (χ1) is 9.71. The molecule has 0 aromatic carbocycles. The van der Waals surface area contributed by atoms with E-state index in [4.69, 9.17) is 21.1 Å². The SMILES string of the molecule is CCNc1nc(OCC)nc(Oc2cncc(Cl)c2)n1. The van der Waals surface area contributed by atoms with Gasteiger partial charge in [0.05, 0.1) is 17.8 Å². The minimum absolute atomic E-state index is 0.114. The molecule has 0 saturated heterocycles. The number of nitrogens with zero attached hydrogens (tertiary/aromatic N) is 4. The first-order valence-corrected chi connectivity index (χ1v) is 6.50. The fourth-order valence-electron chi connectivity index (χ4n) is 1.37. The lowest BCUT2D eigenvalue weighted by atomic mass is 10.5. The van der Waals surface area contributed by atoms with Crippen molar-refractivity contribution in [3.05, 3.63) is 23.5 Å². The Hall–Kier alpha value is -2.15. The Morgan fingerprint density at radius 2 is 1.95 bits per heavy atom. The fourth-order valence-corrected chi connectivity index (χ4v) is 1.53. The van der Waals surface area contributed by atoms with Crippen LogP contribution in [-0.2, 0) is 0 Å². The van der Waals surface area contributed by atoms with Gasteiger partial charge in [-0.25, -0.2) is 0 Å². The summed E-state index contributed by atoms with van der Waals surface area (Å²) in [5.41, 5.74) is 0. The van der Waals surface area contributed by atoms with E-state index >= 15 is 0 Å². The van der Waals surface area contributed by atoms with Crippen molar-refractivity contribution in [1.82, 2.24) is 19.9 Å². The van der Waals surface area contributed by atoms with Gasteiger partial charge >= 0.3 is 12.0 Å². The van der Waals surface area contributed by atoms with Crippen molar-refractivity contribution in [2.24, 2.45) is 0 Å². The van der Waals surface area contributed by atoms with Crippen LogP contribution in [0, 0.1) is 0 Å². The van der Waals surface area contributed by atoms with E-state index in [1.165, 1.54) is 12.4 Å². The highest BCUT2D eigenvalue weighted by Gasteiger charge is 2.09. The lowest BCUT2D eigenvalue weighted by Crippen LogP contribution is -2.07. The van der Waals surface area contributed by atoms with Crippen molar-refractivity contribution in [2.45, 2.75) is 13.8 Å². The molecule has 0 unspecified atom stereocenters. The summed E-state index contributed by atoms with van der Waals surface area (Å²) >= 11 is 5.84. The molecule has 0 saturated carbocycles. The Morgan fingerprint density at radius 3 is 2.65 bits per heavy atom. The number of nitrogens with one attached hydrogen (secondary N) is 1. The van der Waals surface area contributed by atoms with Crippen molar-refractivity contribution >= 4 is 17.5 Å². The van der Waals surface area contributed by atoms with Crippen LogP contribution in [0.15, 0.2) is 18.5 Å². The third-order valence-corrected chi connectivity index (χ3v) is 2.30. The van der Waals surface area contributed by atoms with Crippen LogP contribution in [0.2, 0.25) is 5.02 Å². The van der Waals surface area contributed by atoms with Crippen LogP contribution >= 0.6 is 11.6 Å². The number of aromatic nitrogens is 4. The largest absolute Gasteiger partial charge is 0.464 e. The number of halogens is 1. The zero-order valence-corrected chi connectivity index (χ0v) is 11.9. The Balaban J connectivity index is 2.25. The summed E-state index contributed by atoms with van der Waals surface area (Å²) in [6, 6.07) is 1.93. The minimum Gasteiger partial charge on any atom is -0.464 e. The highest BCUT2D eigenvalue weighted by molar-refractivity contribution is 6.30.